The lowest BCUT2D eigenvalue weighted by atomic mass is 10.2. The summed E-state index contributed by atoms with van der Waals surface area (Å²) in [4.78, 5) is 8.89. The summed E-state index contributed by atoms with van der Waals surface area (Å²) in [6, 6.07) is 7.70. The minimum atomic E-state index is 0.649. The summed E-state index contributed by atoms with van der Waals surface area (Å²) in [6.45, 7) is 6.49. The molecule has 0 radical (unpaired) electrons. The minimum Gasteiger partial charge on any atom is -0.494 e. The molecule has 0 spiro atoms. The molecule has 0 bridgehead atoms. The number of anilines is 1. The molecule has 2 aromatic rings. The van der Waals surface area contributed by atoms with Gasteiger partial charge in [-0.15, -0.1) is 0 Å². The number of ether oxygens (including phenoxy) is 1. The van der Waals surface area contributed by atoms with Crippen LogP contribution in [0.1, 0.15) is 18.2 Å². The third-order valence-corrected chi connectivity index (χ3v) is 2.95. The normalized spacial score (nSPS) is 10.3. The fraction of sp³-hybridized carbons (Fsp3) is 0.286. The molecule has 100 valence electrons. The molecular formula is C14H18N4O. The second-order valence-electron chi connectivity index (χ2n) is 4.21. The van der Waals surface area contributed by atoms with E-state index in [0.29, 0.717) is 18.2 Å². The van der Waals surface area contributed by atoms with Gasteiger partial charge in [-0.05, 0) is 45.0 Å². The van der Waals surface area contributed by atoms with Crippen molar-refractivity contribution in [1.82, 2.24) is 9.97 Å². The molecule has 1 heterocycles. The Labute approximate surface area is 112 Å². The predicted octanol–water partition coefficient (Wildman–Crippen LogP) is 2.44. The summed E-state index contributed by atoms with van der Waals surface area (Å²) in [7, 11) is 0. The Morgan fingerprint density at radius 3 is 2.42 bits per heavy atom. The molecule has 0 aliphatic rings. The highest BCUT2D eigenvalue weighted by Gasteiger charge is 2.08. The van der Waals surface area contributed by atoms with Gasteiger partial charge in [0.2, 0.25) is 0 Å². The molecule has 0 unspecified atom stereocenters. The first-order valence-electron chi connectivity index (χ1n) is 6.20. The van der Waals surface area contributed by atoms with Crippen molar-refractivity contribution < 1.29 is 4.74 Å². The van der Waals surface area contributed by atoms with E-state index < -0.39 is 0 Å². The van der Waals surface area contributed by atoms with E-state index >= 15 is 0 Å². The van der Waals surface area contributed by atoms with E-state index in [-0.39, 0.29) is 0 Å². The maximum absolute atomic E-state index is 5.47. The topological polar surface area (TPSA) is 73.1 Å². The van der Waals surface area contributed by atoms with Gasteiger partial charge in [0.05, 0.1) is 6.61 Å². The van der Waals surface area contributed by atoms with Crippen LogP contribution in [0.25, 0.3) is 11.4 Å². The molecule has 5 heteroatoms. The average molecular weight is 258 g/mol. The van der Waals surface area contributed by atoms with Crippen LogP contribution in [0, 0.1) is 13.8 Å². The Bertz CT molecular complexity index is 566. The molecule has 0 fully saturated rings. The van der Waals surface area contributed by atoms with Crippen LogP contribution in [0.4, 0.5) is 5.82 Å². The largest absolute Gasteiger partial charge is 0.494 e. The number of aryl methyl sites for hydroxylation is 1. The molecule has 3 N–H and O–H groups in total. The quantitative estimate of drug-likeness (QED) is 0.651. The number of nitrogen functional groups attached to an aromatic ring is 1. The Morgan fingerprint density at radius 2 is 1.84 bits per heavy atom. The van der Waals surface area contributed by atoms with Gasteiger partial charge in [0.25, 0.3) is 0 Å². The lowest BCUT2D eigenvalue weighted by molar-refractivity contribution is 0.340. The van der Waals surface area contributed by atoms with Crippen LogP contribution >= 0.6 is 0 Å². The maximum atomic E-state index is 5.47. The Hall–Kier alpha value is -2.14. The number of hydrazine groups is 1. The van der Waals surface area contributed by atoms with Crippen LogP contribution in [-0.4, -0.2) is 16.6 Å². The molecule has 5 nitrogen and oxygen atoms in total. The molecule has 19 heavy (non-hydrogen) atoms. The van der Waals surface area contributed by atoms with E-state index in [4.69, 9.17) is 10.6 Å². The van der Waals surface area contributed by atoms with Crippen LogP contribution in [0.2, 0.25) is 0 Å². The first-order valence-corrected chi connectivity index (χ1v) is 6.20. The highest BCUT2D eigenvalue weighted by Crippen LogP contribution is 2.23. The number of aromatic nitrogens is 2. The Morgan fingerprint density at radius 1 is 1.16 bits per heavy atom. The van der Waals surface area contributed by atoms with Gasteiger partial charge in [-0.2, -0.15) is 0 Å². The van der Waals surface area contributed by atoms with Crippen molar-refractivity contribution in [2.45, 2.75) is 20.8 Å². The SMILES string of the molecule is CCOc1ccc(-c2nc(C)c(C)c(NN)n2)cc1. The summed E-state index contributed by atoms with van der Waals surface area (Å²) in [5.41, 5.74) is 5.40. The monoisotopic (exact) mass is 258 g/mol. The van der Waals surface area contributed by atoms with Crippen LogP contribution in [-0.2, 0) is 0 Å². The Balaban J connectivity index is 2.38. The minimum absolute atomic E-state index is 0.649. The summed E-state index contributed by atoms with van der Waals surface area (Å²) >= 11 is 0. The number of hydrogen-bond donors (Lipinski definition) is 2. The van der Waals surface area contributed by atoms with Crippen molar-refractivity contribution in [3.63, 3.8) is 0 Å². The van der Waals surface area contributed by atoms with Gasteiger partial charge in [0.15, 0.2) is 5.82 Å². The molecule has 0 amide bonds. The standard InChI is InChI=1S/C14H18N4O/c1-4-19-12-7-5-11(6-8-12)14-16-10(3)9(2)13(17-14)18-15/h5-8H,4,15H2,1-3H3,(H,16,17,18). The fourth-order valence-corrected chi connectivity index (χ4v) is 1.77. The summed E-state index contributed by atoms with van der Waals surface area (Å²) in [6.07, 6.45) is 0. The van der Waals surface area contributed by atoms with Gasteiger partial charge in [0, 0.05) is 16.8 Å². The summed E-state index contributed by atoms with van der Waals surface area (Å²) in [5.74, 6) is 7.61. The highest BCUT2D eigenvalue weighted by atomic mass is 16.5. The zero-order chi connectivity index (χ0) is 13.8. The average Bonchev–Trinajstić information content (AvgIpc) is 2.43. The van der Waals surface area contributed by atoms with Crippen LogP contribution in [0.15, 0.2) is 24.3 Å². The van der Waals surface area contributed by atoms with E-state index in [0.717, 1.165) is 22.6 Å². The number of benzene rings is 1. The van der Waals surface area contributed by atoms with Crippen molar-refractivity contribution in [3.8, 4) is 17.1 Å². The fourth-order valence-electron chi connectivity index (χ4n) is 1.77. The molecule has 1 aromatic heterocycles. The predicted molar refractivity (Wildman–Crippen MR) is 75.9 cm³/mol. The van der Waals surface area contributed by atoms with Crippen molar-refractivity contribution in [3.05, 3.63) is 35.5 Å². The van der Waals surface area contributed by atoms with Gasteiger partial charge in [0.1, 0.15) is 11.6 Å². The van der Waals surface area contributed by atoms with Gasteiger partial charge in [-0.25, -0.2) is 15.8 Å². The zero-order valence-corrected chi connectivity index (χ0v) is 11.4. The molecule has 0 atom stereocenters. The lowest BCUT2D eigenvalue weighted by Gasteiger charge is -2.10. The van der Waals surface area contributed by atoms with Crippen LogP contribution in [0.5, 0.6) is 5.75 Å². The van der Waals surface area contributed by atoms with Gasteiger partial charge < -0.3 is 10.2 Å². The second-order valence-corrected chi connectivity index (χ2v) is 4.21. The molecular weight excluding hydrogens is 240 g/mol. The van der Waals surface area contributed by atoms with Crippen LogP contribution in [0.3, 0.4) is 0 Å². The van der Waals surface area contributed by atoms with Gasteiger partial charge >= 0.3 is 0 Å². The first-order chi connectivity index (χ1) is 9.15. The maximum Gasteiger partial charge on any atom is 0.161 e. The molecule has 2 rings (SSSR count). The number of nitrogens with one attached hydrogen (secondary N) is 1. The third kappa shape index (κ3) is 2.82. The second kappa shape index (κ2) is 5.67. The number of hydrogen-bond acceptors (Lipinski definition) is 5. The van der Waals surface area contributed by atoms with Gasteiger partial charge in [-0.3, -0.25) is 0 Å². The number of rotatable bonds is 4. The van der Waals surface area contributed by atoms with E-state index in [9.17, 15) is 0 Å². The number of nitrogens with zero attached hydrogens (tertiary/aromatic N) is 2. The smallest absolute Gasteiger partial charge is 0.161 e. The van der Waals surface area contributed by atoms with Crippen molar-refractivity contribution in [1.29, 1.82) is 0 Å². The molecule has 0 aliphatic heterocycles. The van der Waals surface area contributed by atoms with E-state index in [1.54, 1.807) is 0 Å². The van der Waals surface area contributed by atoms with Crippen LogP contribution < -0.4 is 16.0 Å². The van der Waals surface area contributed by atoms with E-state index in [1.165, 1.54) is 0 Å². The molecule has 1 aromatic carbocycles. The van der Waals surface area contributed by atoms with E-state index in [1.807, 2.05) is 45.0 Å². The highest BCUT2D eigenvalue weighted by molar-refractivity contribution is 5.60. The molecule has 0 saturated carbocycles. The van der Waals surface area contributed by atoms with Crippen molar-refractivity contribution >= 4 is 5.82 Å². The third-order valence-electron chi connectivity index (χ3n) is 2.95. The first kappa shape index (κ1) is 13.3. The summed E-state index contributed by atoms with van der Waals surface area (Å²) < 4.78 is 5.41. The van der Waals surface area contributed by atoms with Gasteiger partial charge in [-0.1, -0.05) is 0 Å². The number of nitrogens with two attached hydrogens (primary N) is 1. The van der Waals surface area contributed by atoms with Crippen molar-refractivity contribution in [2.24, 2.45) is 5.84 Å². The summed E-state index contributed by atoms with van der Waals surface area (Å²) in [5, 5.41) is 0. The molecule has 0 aliphatic carbocycles. The lowest BCUT2D eigenvalue weighted by Crippen LogP contribution is -2.12. The zero-order valence-electron chi connectivity index (χ0n) is 11.4. The van der Waals surface area contributed by atoms with E-state index in [2.05, 4.69) is 15.4 Å². The Kier molecular flexibility index (Phi) is 3.97. The van der Waals surface area contributed by atoms with Crippen molar-refractivity contribution in [2.75, 3.05) is 12.0 Å². The molecule has 0 saturated heterocycles.